The Labute approximate surface area is 309 Å². The molecule has 0 atom stereocenters. The Hall–Kier alpha value is -2.69. The van der Waals surface area contributed by atoms with Crippen LogP contribution in [0.2, 0.25) is 0 Å². The van der Waals surface area contributed by atoms with Crippen molar-refractivity contribution in [3.05, 3.63) is 109 Å². The third kappa shape index (κ3) is 12.2. The first-order valence-electron chi connectivity index (χ1n) is 18.7. The summed E-state index contributed by atoms with van der Waals surface area (Å²) in [7, 11) is 0. The van der Waals surface area contributed by atoms with Crippen LogP contribution in [-0.2, 0) is 0 Å². The third-order valence-electron chi connectivity index (χ3n) is 8.72. The molecule has 0 spiro atoms. The second kappa shape index (κ2) is 20.2. The number of nitrogens with one attached hydrogen (secondary N) is 1. The van der Waals surface area contributed by atoms with E-state index in [1.54, 1.807) is 9.75 Å². The van der Waals surface area contributed by atoms with Crippen LogP contribution in [0, 0.1) is 0 Å². The fourth-order valence-electron chi connectivity index (χ4n) is 6.22. The molecule has 0 aliphatic rings. The van der Waals surface area contributed by atoms with Crippen molar-refractivity contribution in [2.75, 3.05) is 0 Å². The summed E-state index contributed by atoms with van der Waals surface area (Å²) < 4.78 is 0. The van der Waals surface area contributed by atoms with Crippen LogP contribution in [-0.4, -0.2) is 9.97 Å². The second-order valence-corrected chi connectivity index (χ2v) is 17.6. The highest BCUT2D eigenvalue weighted by Crippen LogP contribution is 2.34. The molecule has 1 aromatic carbocycles. The number of fused-ring (bicyclic) bond motifs is 1. The van der Waals surface area contributed by atoms with Crippen LogP contribution < -0.4 is 0 Å². The standard InChI is InChI=1S/C14H19N.C11H17N.2C10H16S/c1-9(2)13-11-7-5-6-8-12(11)15-14(13)10(3)4;1-8(2)10-6-5-7-12-11(10)9(3)4;2*1-7(2)9-5-6-11-10(9)8(3)4/h5-10,15H,1-4H3;5-9H,1-4H3;2*5-8H,1-4H3. The molecule has 0 radical (unpaired) electrons. The quantitative estimate of drug-likeness (QED) is 0.171. The van der Waals surface area contributed by atoms with Gasteiger partial charge in [0.05, 0.1) is 0 Å². The Morgan fingerprint density at radius 3 is 1.33 bits per heavy atom. The summed E-state index contributed by atoms with van der Waals surface area (Å²) in [4.78, 5) is 11.1. The summed E-state index contributed by atoms with van der Waals surface area (Å²) in [5.74, 6) is 4.99. The number of para-hydroxylation sites is 1. The molecule has 0 saturated heterocycles. The third-order valence-corrected chi connectivity index (χ3v) is 11.2. The maximum absolute atomic E-state index is 4.40. The van der Waals surface area contributed by atoms with Gasteiger partial charge in [-0.2, -0.15) is 0 Å². The van der Waals surface area contributed by atoms with Crippen molar-refractivity contribution in [3.8, 4) is 0 Å². The number of hydrogen-bond acceptors (Lipinski definition) is 3. The molecule has 4 aromatic heterocycles. The average Bonchev–Trinajstić information content (AvgIpc) is 3.80. The van der Waals surface area contributed by atoms with E-state index in [-0.39, 0.29) is 0 Å². The van der Waals surface area contributed by atoms with Crippen molar-refractivity contribution in [2.24, 2.45) is 0 Å². The number of H-pyrrole nitrogens is 1. The maximum atomic E-state index is 4.40. The molecule has 4 heterocycles. The normalized spacial score (nSPS) is 11.5. The first-order chi connectivity index (χ1) is 23.0. The van der Waals surface area contributed by atoms with Gasteiger partial charge in [0.25, 0.3) is 0 Å². The second-order valence-electron chi connectivity index (χ2n) is 15.7. The Kier molecular flexibility index (Phi) is 17.5. The van der Waals surface area contributed by atoms with E-state index < -0.39 is 0 Å². The first-order valence-corrected chi connectivity index (χ1v) is 20.4. The van der Waals surface area contributed by atoms with Crippen LogP contribution in [0.4, 0.5) is 0 Å². The number of aromatic nitrogens is 2. The van der Waals surface area contributed by atoms with Gasteiger partial charge in [-0.05, 0) is 105 Å². The molecule has 0 amide bonds. The van der Waals surface area contributed by atoms with E-state index in [0.29, 0.717) is 47.3 Å². The summed E-state index contributed by atoms with van der Waals surface area (Å²) in [6, 6.07) is 17.3. The molecule has 2 nitrogen and oxygen atoms in total. The fraction of sp³-hybridized carbons (Fsp3) is 0.533. The van der Waals surface area contributed by atoms with E-state index in [1.165, 1.54) is 44.5 Å². The summed E-state index contributed by atoms with van der Waals surface area (Å²) in [5.41, 5.74) is 9.84. The Balaban J connectivity index is 0.000000229. The van der Waals surface area contributed by atoms with E-state index in [9.17, 15) is 0 Å². The largest absolute Gasteiger partial charge is 0.358 e. The van der Waals surface area contributed by atoms with E-state index in [4.69, 9.17) is 0 Å². The predicted molar refractivity (Wildman–Crippen MR) is 224 cm³/mol. The molecule has 270 valence electrons. The predicted octanol–water partition coefficient (Wildman–Crippen LogP) is 15.7. The minimum Gasteiger partial charge on any atom is -0.358 e. The number of rotatable bonds is 8. The summed E-state index contributed by atoms with van der Waals surface area (Å²) in [6.07, 6.45) is 1.88. The van der Waals surface area contributed by atoms with Crippen LogP contribution >= 0.6 is 22.7 Å². The molecular formula is C45H68N2S2. The fourth-order valence-corrected chi connectivity index (χ4v) is 8.36. The van der Waals surface area contributed by atoms with Gasteiger partial charge in [-0.1, -0.05) is 135 Å². The van der Waals surface area contributed by atoms with Crippen LogP contribution in [0.25, 0.3) is 10.9 Å². The molecule has 4 heteroatoms. The van der Waals surface area contributed by atoms with Crippen molar-refractivity contribution in [1.82, 2.24) is 9.97 Å². The molecule has 0 unspecified atom stereocenters. The van der Waals surface area contributed by atoms with Crippen molar-refractivity contribution in [1.29, 1.82) is 0 Å². The summed E-state index contributed by atoms with van der Waals surface area (Å²) in [5, 5.41) is 5.78. The van der Waals surface area contributed by atoms with E-state index in [2.05, 4.69) is 174 Å². The number of nitrogens with zero attached hydrogens (tertiary/aromatic N) is 1. The topological polar surface area (TPSA) is 28.7 Å². The zero-order valence-electron chi connectivity index (χ0n) is 33.7. The van der Waals surface area contributed by atoms with Gasteiger partial charge in [0.1, 0.15) is 0 Å². The molecule has 49 heavy (non-hydrogen) atoms. The lowest BCUT2D eigenvalue weighted by molar-refractivity contribution is 0.757. The molecule has 0 aliphatic carbocycles. The molecule has 0 saturated carbocycles. The monoisotopic (exact) mass is 700 g/mol. The summed E-state index contributed by atoms with van der Waals surface area (Å²) in [6.45, 7) is 35.9. The number of thiophene rings is 2. The SMILES string of the molecule is CC(C)c1[nH]c2ccccc2c1C(C)C.CC(C)c1cccnc1C(C)C.CC(C)c1ccsc1C(C)C.CC(C)c1ccsc1C(C)C. The molecule has 5 rings (SSSR count). The zero-order valence-corrected chi connectivity index (χ0v) is 35.4. The van der Waals surface area contributed by atoms with Crippen LogP contribution in [0.3, 0.4) is 0 Å². The van der Waals surface area contributed by atoms with Crippen molar-refractivity contribution in [2.45, 2.75) is 158 Å². The van der Waals surface area contributed by atoms with Gasteiger partial charge >= 0.3 is 0 Å². The maximum Gasteiger partial charge on any atom is 0.0463 e. The average molecular weight is 701 g/mol. The van der Waals surface area contributed by atoms with Crippen LogP contribution in [0.5, 0.6) is 0 Å². The van der Waals surface area contributed by atoms with Gasteiger partial charge in [0, 0.05) is 38.2 Å². The number of pyridine rings is 1. The lowest BCUT2D eigenvalue weighted by Gasteiger charge is -2.13. The highest BCUT2D eigenvalue weighted by Gasteiger charge is 2.16. The molecular weight excluding hydrogens is 633 g/mol. The Morgan fingerprint density at radius 2 is 0.959 bits per heavy atom. The van der Waals surface area contributed by atoms with Gasteiger partial charge in [0.15, 0.2) is 0 Å². The van der Waals surface area contributed by atoms with Gasteiger partial charge in [0.2, 0.25) is 0 Å². The highest BCUT2D eigenvalue weighted by molar-refractivity contribution is 7.10. The van der Waals surface area contributed by atoms with Crippen LogP contribution in [0.15, 0.2) is 65.5 Å². The van der Waals surface area contributed by atoms with Crippen molar-refractivity contribution >= 4 is 33.6 Å². The smallest absolute Gasteiger partial charge is 0.0463 e. The molecule has 5 aromatic rings. The highest BCUT2D eigenvalue weighted by atomic mass is 32.1. The number of aromatic amines is 1. The zero-order chi connectivity index (χ0) is 37.0. The van der Waals surface area contributed by atoms with Gasteiger partial charge in [-0.15, -0.1) is 22.7 Å². The van der Waals surface area contributed by atoms with Crippen LogP contribution in [0.1, 0.15) is 202 Å². The van der Waals surface area contributed by atoms with E-state index >= 15 is 0 Å². The molecule has 0 bridgehead atoms. The lowest BCUT2D eigenvalue weighted by Crippen LogP contribution is -2.00. The van der Waals surface area contributed by atoms with E-state index in [0.717, 1.165) is 0 Å². The molecule has 1 N–H and O–H groups in total. The van der Waals surface area contributed by atoms with Gasteiger partial charge < -0.3 is 4.98 Å². The molecule has 0 aliphatic heterocycles. The Bertz CT molecular complexity index is 1520. The van der Waals surface area contributed by atoms with E-state index in [1.807, 2.05) is 34.9 Å². The summed E-state index contributed by atoms with van der Waals surface area (Å²) >= 11 is 3.77. The first kappa shape index (κ1) is 42.5. The van der Waals surface area contributed by atoms with Gasteiger partial charge in [-0.3, -0.25) is 4.98 Å². The lowest BCUT2D eigenvalue weighted by atomic mass is 9.95. The minimum atomic E-state index is 0.531. The van der Waals surface area contributed by atoms with Crippen molar-refractivity contribution in [3.63, 3.8) is 0 Å². The number of hydrogen-bond donors (Lipinski definition) is 1. The molecule has 0 fully saturated rings. The minimum absolute atomic E-state index is 0.531. The Morgan fingerprint density at radius 1 is 0.469 bits per heavy atom. The van der Waals surface area contributed by atoms with Gasteiger partial charge in [-0.25, -0.2) is 0 Å². The van der Waals surface area contributed by atoms with Crippen molar-refractivity contribution < 1.29 is 0 Å². The number of benzene rings is 1.